The molecule has 0 saturated carbocycles. The molecule has 0 aromatic rings. The van der Waals surface area contributed by atoms with E-state index in [0.29, 0.717) is 0 Å². The third kappa shape index (κ3) is 141. The summed E-state index contributed by atoms with van der Waals surface area (Å²) < 4.78 is 0. The SMILES string of the molecule is C=C(C)CC.C=C(C)CC.C=C(C)CC.C=C(C)CC.C=C(C)CC.[C]. The van der Waals surface area contributed by atoms with Crippen LogP contribution in [0.4, 0.5) is 0 Å². The normalized spacial score (nSPS) is 7.31. The van der Waals surface area contributed by atoms with Gasteiger partial charge in [0.25, 0.3) is 0 Å². The first-order chi connectivity index (χ1) is 11.4. The Labute approximate surface area is 169 Å². The summed E-state index contributed by atoms with van der Waals surface area (Å²) in [5.74, 6) is 0. The molecule has 0 fully saturated rings. The van der Waals surface area contributed by atoms with E-state index >= 15 is 0 Å². The van der Waals surface area contributed by atoms with Gasteiger partial charge in [0.2, 0.25) is 0 Å². The van der Waals surface area contributed by atoms with Crippen LogP contribution in [0, 0.1) is 7.43 Å². The van der Waals surface area contributed by atoms with Gasteiger partial charge in [-0.05, 0) is 66.7 Å². The molecule has 0 nitrogen and oxygen atoms in total. The van der Waals surface area contributed by atoms with Gasteiger partial charge in [-0.15, -0.1) is 32.9 Å². The Morgan fingerprint density at radius 1 is 0.385 bits per heavy atom. The predicted molar refractivity (Wildman–Crippen MR) is 129 cm³/mol. The van der Waals surface area contributed by atoms with Crippen LogP contribution in [0.15, 0.2) is 60.8 Å². The van der Waals surface area contributed by atoms with Crippen LogP contribution in [-0.2, 0) is 0 Å². The summed E-state index contributed by atoms with van der Waals surface area (Å²) >= 11 is 0. The minimum atomic E-state index is 0. The zero-order chi connectivity index (χ0) is 21.4. The fraction of sp³-hybridized carbons (Fsp3) is 0.577. The Kier molecular flexibility index (Phi) is 53.3. The average Bonchev–Trinajstić information content (AvgIpc) is 2.56. The zero-order valence-corrected chi connectivity index (χ0v) is 20.1. The molecule has 4 radical (unpaired) electrons. The maximum atomic E-state index is 3.67. The van der Waals surface area contributed by atoms with E-state index in [1.807, 2.05) is 34.6 Å². The van der Waals surface area contributed by atoms with E-state index in [1.165, 1.54) is 27.9 Å². The summed E-state index contributed by atoms with van der Waals surface area (Å²) in [6.07, 6.45) is 5.56. The molecule has 0 aliphatic heterocycles. The van der Waals surface area contributed by atoms with Crippen molar-refractivity contribution in [1.82, 2.24) is 0 Å². The van der Waals surface area contributed by atoms with Crippen molar-refractivity contribution in [3.63, 3.8) is 0 Å². The summed E-state index contributed by atoms with van der Waals surface area (Å²) in [5, 5.41) is 0. The lowest BCUT2D eigenvalue weighted by molar-refractivity contribution is 1.11. The minimum absolute atomic E-state index is 0. The Morgan fingerprint density at radius 3 is 0.423 bits per heavy atom. The lowest BCUT2D eigenvalue weighted by atomic mass is 10.3. The molecular weight excluding hydrogens is 312 g/mol. The quantitative estimate of drug-likeness (QED) is 0.427. The van der Waals surface area contributed by atoms with Crippen molar-refractivity contribution in [3.05, 3.63) is 68.2 Å². The molecule has 0 atom stereocenters. The third-order valence-electron chi connectivity index (χ3n) is 3.02. The summed E-state index contributed by atoms with van der Waals surface area (Å²) in [5.41, 5.74) is 6.27. The van der Waals surface area contributed by atoms with Crippen LogP contribution < -0.4 is 0 Å². The lowest BCUT2D eigenvalue weighted by Crippen LogP contribution is -1.58. The molecule has 26 heavy (non-hydrogen) atoms. The van der Waals surface area contributed by atoms with Crippen molar-refractivity contribution in [2.75, 3.05) is 0 Å². The van der Waals surface area contributed by atoms with Gasteiger partial charge in [0.05, 0.1) is 0 Å². The molecule has 0 aromatic heterocycles. The first kappa shape index (κ1) is 39.7. The second-order valence-electron chi connectivity index (χ2n) is 6.55. The van der Waals surface area contributed by atoms with E-state index in [-0.39, 0.29) is 7.43 Å². The van der Waals surface area contributed by atoms with Crippen molar-refractivity contribution < 1.29 is 0 Å². The number of rotatable bonds is 5. The molecule has 0 heteroatoms. The summed E-state index contributed by atoms with van der Waals surface area (Å²) in [7, 11) is 0. The molecule has 0 aromatic carbocycles. The maximum Gasteiger partial charge on any atom is 0 e. The summed E-state index contributed by atoms with van der Waals surface area (Å²) in [6, 6.07) is 0. The Morgan fingerprint density at radius 2 is 0.423 bits per heavy atom. The molecule has 0 N–H and O–H groups in total. The highest BCUT2D eigenvalue weighted by Crippen LogP contribution is 1.90. The van der Waals surface area contributed by atoms with Crippen LogP contribution in [0.2, 0.25) is 0 Å². The smallest absolute Gasteiger partial charge is 0 e. The number of hydrogen-bond donors (Lipinski definition) is 0. The number of hydrogen-bond acceptors (Lipinski definition) is 0. The highest BCUT2D eigenvalue weighted by atomic mass is 13.8. The average molecular weight is 363 g/mol. The fourth-order valence-corrected chi connectivity index (χ4v) is 0. The monoisotopic (exact) mass is 362 g/mol. The van der Waals surface area contributed by atoms with Crippen molar-refractivity contribution >= 4 is 0 Å². The van der Waals surface area contributed by atoms with E-state index in [0.717, 1.165) is 32.1 Å². The second-order valence-corrected chi connectivity index (χ2v) is 6.55. The second kappa shape index (κ2) is 34.9. The van der Waals surface area contributed by atoms with Gasteiger partial charge >= 0.3 is 0 Å². The van der Waals surface area contributed by atoms with Gasteiger partial charge in [-0.25, -0.2) is 0 Å². The largest absolute Gasteiger partial charge is 0.100 e. The van der Waals surface area contributed by atoms with E-state index in [4.69, 9.17) is 0 Å². The molecule has 0 saturated heterocycles. The van der Waals surface area contributed by atoms with Crippen molar-refractivity contribution in [3.8, 4) is 0 Å². The standard InChI is InChI=1S/5C5H10.C/c5*1-4-5(2)3;/h5*2,4H2,1,3H3;. The van der Waals surface area contributed by atoms with Gasteiger partial charge < -0.3 is 0 Å². The molecule has 0 unspecified atom stereocenters. The molecular formula is C26H50. The number of allylic oxidation sites excluding steroid dienone is 5. The Bertz CT molecular complexity index is 258. The lowest BCUT2D eigenvalue weighted by Gasteiger charge is -1.79. The van der Waals surface area contributed by atoms with Crippen LogP contribution in [-0.4, -0.2) is 0 Å². The first-order valence-corrected chi connectivity index (χ1v) is 9.57. The topological polar surface area (TPSA) is 0 Å². The highest BCUT2D eigenvalue weighted by molar-refractivity contribution is 4.86. The third-order valence-corrected chi connectivity index (χ3v) is 3.02. The summed E-state index contributed by atoms with van der Waals surface area (Å²) in [6.45, 7) is 39.0. The van der Waals surface area contributed by atoms with Crippen LogP contribution >= 0.6 is 0 Å². The van der Waals surface area contributed by atoms with Crippen LogP contribution in [0.3, 0.4) is 0 Å². The molecule has 0 rings (SSSR count). The molecule has 0 aliphatic rings. The van der Waals surface area contributed by atoms with E-state index < -0.39 is 0 Å². The Hall–Kier alpha value is -1.30. The Balaban J connectivity index is -0.0000000476. The molecule has 0 aliphatic carbocycles. The van der Waals surface area contributed by atoms with Gasteiger partial charge in [0, 0.05) is 7.43 Å². The van der Waals surface area contributed by atoms with E-state index in [9.17, 15) is 0 Å². The maximum absolute atomic E-state index is 3.67. The van der Waals surface area contributed by atoms with Crippen molar-refractivity contribution in [2.45, 2.75) is 101 Å². The minimum Gasteiger partial charge on any atom is -0.100 e. The van der Waals surface area contributed by atoms with Crippen LogP contribution in [0.1, 0.15) is 101 Å². The highest BCUT2D eigenvalue weighted by Gasteiger charge is 1.69. The molecule has 0 amide bonds. The fourth-order valence-electron chi connectivity index (χ4n) is 0. The van der Waals surface area contributed by atoms with Crippen molar-refractivity contribution in [2.24, 2.45) is 0 Å². The molecule has 0 bridgehead atoms. The van der Waals surface area contributed by atoms with Gasteiger partial charge in [-0.3, -0.25) is 0 Å². The first-order valence-electron chi connectivity index (χ1n) is 9.57. The van der Waals surface area contributed by atoms with Gasteiger partial charge in [-0.2, -0.15) is 0 Å². The predicted octanol–water partition coefficient (Wildman–Crippen LogP) is 9.94. The summed E-state index contributed by atoms with van der Waals surface area (Å²) in [4.78, 5) is 0. The molecule has 0 spiro atoms. The van der Waals surface area contributed by atoms with Gasteiger partial charge in [0.15, 0.2) is 0 Å². The zero-order valence-electron chi connectivity index (χ0n) is 20.1. The van der Waals surface area contributed by atoms with E-state index in [1.54, 1.807) is 0 Å². The van der Waals surface area contributed by atoms with E-state index in [2.05, 4.69) is 67.5 Å². The van der Waals surface area contributed by atoms with Crippen LogP contribution in [0.25, 0.3) is 0 Å². The molecule has 154 valence electrons. The van der Waals surface area contributed by atoms with Gasteiger partial charge in [0.1, 0.15) is 0 Å². The molecule has 0 heterocycles. The van der Waals surface area contributed by atoms with Gasteiger partial charge in [-0.1, -0.05) is 62.5 Å². The van der Waals surface area contributed by atoms with Crippen molar-refractivity contribution in [1.29, 1.82) is 0 Å². The van der Waals surface area contributed by atoms with Crippen LogP contribution in [0.5, 0.6) is 0 Å².